The van der Waals surface area contributed by atoms with Gasteiger partial charge in [0.1, 0.15) is 0 Å². The van der Waals surface area contributed by atoms with Crippen molar-refractivity contribution in [1.29, 1.82) is 0 Å². The molecule has 0 fully saturated rings. The molecule has 2 aromatic carbocycles. The summed E-state index contributed by atoms with van der Waals surface area (Å²) in [4.78, 5) is 22.9. The van der Waals surface area contributed by atoms with Gasteiger partial charge in [0.25, 0.3) is 0 Å². The fourth-order valence-corrected chi connectivity index (χ4v) is 1.63. The third-order valence-electron chi connectivity index (χ3n) is 2.55. The van der Waals surface area contributed by atoms with Gasteiger partial charge in [0, 0.05) is 5.56 Å². The summed E-state index contributed by atoms with van der Waals surface area (Å²) in [7, 11) is 0. The van der Waals surface area contributed by atoms with E-state index in [4.69, 9.17) is 4.74 Å². The zero-order chi connectivity index (χ0) is 13.7. The van der Waals surface area contributed by atoms with E-state index in [2.05, 4.69) is 0 Å². The predicted molar refractivity (Wildman–Crippen MR) is 66.7 cm³/mol. The summed E-state index contributed by atoms with van der Waals surface area (Å²) in [6.07, 6.45) is -1.41. The first-order valence-electron chi connectivity index (χ1n) is 5.70. The van der Waals surface area contributed by atoms with Crippen molar-refractivity contribution in [2.24, 2.45) is 0 Å². The lowest BCUT2D eigenvalue weighted by Gasteiger charge is -2.12. The van der Waals surface area contributed by atoms with Crippen LogP contribution in [0, 0.1) is 0 Å². The molecule has 0 aliphatic heterocycles. The molecule has 0 saturated heterocycles. The van der Waals surface area contributed by atoms with Crippen LogP contribution in [0.15, 0.2) is 60.7 Å². The Kier molecular flexibility index (Phi) is 3.93. The molecule has 2 rings (SSSR count). The molecular weight excluding hydrogens is 244 g/mol. The summed E-state index contributed by atoms with van der Waals surface area (Å²) in [5.41, 5.74) is 0.663. The van der Waals surface area contributed by atoms with E-state index in [1.165, 1.54) is 0 Å². The van der Waals surface area contributed by atoms with Crippen LogP contribution in [0.2, 0.25) is 0 Å². The van der Waals surface area contributed by atoms with Crippen molar-refractivity contribution in [3.63, 3.8) is 0 Å². The fourth-order valence-electron chi connectivity index (χ4n) is 1.63. The van der Waals surface area contributed by atoms with Crippen molar-refractivity contribution in [3.8, 4) is 0 Å². The van der Waals surface area contributed by atoms with Gasteiger partial charge in [-0.15, -0.1) is 0 Å². The van der Waals surface area contributed by atoms with Gasteiger partial charge in [-0.25, -0.2) is 14.7 Å². The van der Waals surface area contributed by atoms with Crippen molar-refractivity contribution in [1.82, 2.24) is 0 Å². The summed E-state index contributed by atoms with van der Waals surface area (Å²) in [5, 5.41) is 11.1. The zero-order valence-electron chi connectivity index (χ0n) is 9.98. The second-order valence-corrected chi connectivity index (χ2v) is 3.88. The Balaban J connectivity index is 2.19. The van der Waals surface area contributed by atoms with E-state index in [1.807, 2.05) is 0 Å². The molecule has 1 unspecified atom stereocenters. The van der Waals surface area contributed by atoms with Crippen LogP contribution >= 0.6 is 0 Å². The summed E-state index contributed by atoms with van der Waals surface area (Å²) < 4.78 is 4.98. The number of ether oxygens (including phenoxy) is 1. The minimum absolute atomic E-state index is 0.296. The van der Waals surface area contributed by atoms with Crippen LogP contribution < -0.4 is 0 Å². The van der Waals surface area contributed by atoms with Crippen molar-refractivity contribution in [3.05, 3.63) is 71.8 Å². The standard InChI is InChI=1S/C15H11O4/c16-14(17)13(11-7-3-1-4-8-11)19-15(18)12-9-5-2-6-10-12/h1-10,13H. The first-order valence-corrected chi connectivity index (χ1v) is 5.70. The molecule has 0 bridgehead atoms. The smallest absolute Gasteiger partial charge is 0.400 e. The van der Waals surface area contributed by atoms with Gasteiger partial charge in [0.05, 0.1) is 5.56 Å². The van der Waals surface area contributed by atoms with Crippen molar-refractivity contribution >= 4 is 11.9 Å². The SMILES string of the molecule is [O]C(=O)C(OC(=O)c1ccccc1)c1ccccc1. The van der Waals surface area contributed by atoms with Crippen LogP contribution in [0.4, 0.5) is 0 Å². The predicted octanol–water partition coefficient (Wildman–Crippen LogP) is 2.54. The van der Waals surface area contributed by atoms with Gasteiger partial charge in [-0.2, -0.15) is 0 Å². The van der Waals surface area contributed by atoms with Gasteiger partial charge in [0.15, 0.2) is 0 Å². The van der Waals surface area contributed by atoms with Crippen LogP contribution in [-0.2, 0) is 14.6 Å². The van der Waals surface area contributed by atoms with Crippen LogP contribution in [0.5, 0.6) is 0 Å². The molecule has 95 valence electrons. The van der Waals surface area contributed by atoms with Crippen LogP contribution in [0.1, 0.15) is 22.0 Å². The Morgan fingerprint density at radius 2 is 1.37 bits per heavy atom. The zero-order valence-corrected chi connectivity index (χ0v) is 9.98. The summed E-state index contributed by atoms with van der Waals surface area (Å²) in [5.74, 6) is -2.14. The second kappa shape index (κ2) is 5.82. The van der Waals surface area contributed by atoms with Crippen LogP contribution in [-0.4, -0.2) is 11.9 Å². The Bertz CT molecular complexity index is 563. The van der Waals surface area contributed by atoms with Crippen molar-refractivity contribution in [2.75, 3.05) is 0 Å². The lowest BCUT2D eigenvalue weighted by molar-refractivity contribution is -0.154. The number of benzene rings is 2. The number of hydrogen-bond acceptors (Lipinski definition) is 3. The third-order valence-corrected chi connectivity index (χ3v) is 2.55. The Hall–Kier alpha value is -2.62. The van der Waals surface area contributed by atoms with E-state index in [0.29, 0.717) is 11.1 Å². The number of hydrogen-bond donors (Lipinski definition) is 0. The van der Waals surface area contributed by atoms with E-state index in [-0.39, 0.29) is 0 Å². The molecule has 4 heteroatoms. The van der Waals surface area contributed by atoms with Gasteiger partial charge >= 0.3 is 11.9 Å². The highest BCUT2D eigenvalue weighted by Crippen LogP contribution is 2.19. The molecule has 2 aromatic rings. The first kappa shape index (κ1) is 12.8. The molecule has 0 saturated carbocycles. The fraction of sp³-hybridized carbons (Fsp3) is 0.0667. The van der Waals surface area contributed by atoms with Crippen LogP contribution in [0.3, 0.4) is 0 Å². The summed E-state index contributed by atoms with van der Waals surface area (Å²) in [6, 6.07) is 16.4. The van der Waals surface area contributed by atoms with Gasteiger partial charge in [-0.3, -0.25) is 0 Å². The highest BCUT2D eigenvalue weighted by Gasteiger charge is 2.26. The average molecular weight is 255 g/mol. The maximum absolute atomic E-state index is 11.8. The van der Waals surface area contributed by atoms with Gasteiger partial charge < -0.3 is 4.74 Å². The quantitative estimate of drug-likeness (QED) is 0.788. The maximum Gasteiger partial charge on any atom is 0.400 e. The number of rotatable bonds is 4. The molecule has 0 aliphatic carbocycles. The van der Waals surface area contributed by atoms with Crippen molar-refractivity contribution in [2.45, 2.75) is 6.10 Å². The molecule has 19 heavy (non-hydrogen) atoms. The minimum atomic E-state index is -1.45. The molecular formula is C15H11O4. The van der Waals surface area contributed by atoms with E-state index >= 15 is 0 Å². The van der Waals surface area contributed by atoms with E-state index in [9.17, 15) is 14.7 Å². The molecule has 1 radical (unpaired) electrons. The normalized spacial score (nSPS) is 11.6. The molecule has 4 nitrogen and oxygen atoms in total. The maximum atomic E-state index is 11.8. The molecule has 0 heterocycles. The molecule has 0 aliphatic rings. The first-order chi connectivity index (χ1) is 9.18. The number of carbonyl (C=O) groups is 2. The number of carbonyl (C=O) groups excluding carboxylic acids is 2. The van der Waals surface area contributed by atoms with Gasteiger partial charge in [-0.1, -0.05) is 48.5 Å². The van der Waals surface area contributed by atoms with Gasteiger partial charge in [-0.05, 0) is 12.1 Å². The minimum Gasteiger partial charge on any atom is -0.442 e. The largest absolute Gasteiger partial charge is 0.442 e. The molecule has 0 aromatic heterocycles. The van der Waals surface area contributed by atoms with E-state index in [1.54, 1.807) is 60.7 Å². The number of esters is 1. The Morgan fingerprint density at radius 1 is 0.842 bits per heavy atom. The third kappa shape index (κ3) is 3.19. The Labute approximate surface area is 110 Å². The van der Waals surface area contributed by atoms with E-state index in [0.717, 1.165) is 0 Å². The van der Waals surface area contributed by atoms with Crippen LogP contribution in [0.25, 0.3) is 0 Å². The second-order valence-electron chi connectivity index (χ2n) is 3.88. The molecule has 1 atom stereocenters. The van der Waals surface area contributed by atoms with E-state index < -0.39 is 18.0 Å². The molecule has 0 N–H and O–H groups in total. The monoisotopic (exact) mass is 255 g/mol. The average Bonchev–Trinajstić information content (AvgIpc) is 2.46. The summed E-state index contributed by atoms with van der Waals surface area (Å²) in [6.45, 7) is 0. The topological polar surface area (TPSA) is 63.3 Å². The van der Waals surface area contributed by atoms with Gasteiger partial charge in [0.2, 0.25) is 6.10 Å². The molecule has 0 amide bonds. The lowest BCUT2D eigenvalue weighted by Crippen LogP contribution is -2.18. The highest BCUT2D eigenvalue weighted by atomic mass is 16.6. The molecule has 0 spiro atoms. The Morgan fingerprint density at radius 3 is 1.89 bits per heavy atom. The lowest BCUT2D eigenvalue weighted by atomic mass is 10.1. The highest BCUT2D eigenvalue weighted by molar-refractivity contribution is 5.91. The summed E-state index contributed by atoms with van der Waals surface area (Å²) >= 11 is 0. The van der Waals surface area contributed by atoms with Crippen molar-refractivity contribution < 1.29 is 19.4 Å².